The lowest BCUT2D eigenvalue weighted by Gasteiger charge is -2.12. The van der Waals surface area contributed by atoms with Crippen molar-refractivity contribution < 1.29 is 18.7 Å². The SMILES string of the molecule is CCOC(=O)c1ccccc1NC(=S)NC(=O)c1ccco1. The second-order valence-electron chi connectivity index (χ2n) is 4.15. The first-order valence-corrected chi connectivity index (χ1v) is 6.94. The van der Waals surface area contributed by atoms with Crippen LogP contribution in [0.2, 0.25) is 0 Å². The highest BCUT2D eigenvalue weighted by Crippen LogP contribution is 2.16. The smallest absolute Gasteiger partial charge is 0.340 e. The lowest BCUT2D eigenvalue weighted by molar-refractivity contribution is 0.0527. The van der Waals surface area contributed by atoms with Gasteiger partial charge in [-0.05, 0) is 43.4 Å². The van der Waals surface area contributed by atoms with Crippen LogP contribution in [0.15, 0.2) is 47.1 Å². The van der Waals surface area contributed by atoms with Crippen LogP contribution in [0.25, 0.3) is 0 Å². The Kier molecular flexibility index (Phi) is 5.26. The van der Waals surface area contributed by atoms with E-state index in [1.807, 2.05) is 0 Å². The van der Waals surface area contributed by atoms with Gasteiger partial charge in [0.2, 0.25) is 0 Å². The minimum atomic E-state index is -0.476. The molecule has 6 nitrogen and oxygen atoms in total. The molecule has 0 aliphatic carbocycles. The molecule has 0 unspecified atom stereocenters. The number of ether oxygens (including phenoxy) is 1. The third-order valence-corrected chi connectivity index (χ3v) is 2.85. The number of hydrogen-bond donors (Lipinski definition) is 2. The highest BCUT2D eigenvalue weighted by molar-refractivity contribution is 7.80. The van der Waals surface area contributed by atoms with Gasteiger partial charge in [0, 0.05) is 0 Å². The van der Waals surface area contributed by atoms with Crippen LogP contribution in [0.1, 0.15) is 27.8 Å². The predicted molar refractivity (Wildman–Crippen MR) is 84.8 cm³/mol. The molecule has 1 heterocycles. The van der Waals surface area contributed by atoms with Crippen molar-refractivity contribution in [2.75, 3.05) is 11.9 Å². The number of benzene rings is 1. The van der Waals surface area contributed by atoms with E-state index in [-0.39, 0.29) is 17.5 Å². The van der Waals surface area contributed by atoms with E-state index >= 15 is 0 Å². The molecule has 1 aromatic heterocycles. The van der Waals surface area contributed by atoms with Crippen molar-refractivity contribution >= 4 is 34.9 Å². The highest BCUT2D eigenvalue weighted by Gasteiger charge is 2.14. The van der Waals surface area contributed by atoms with E-state index in [0.717, 1.165) is 0 Å². The Morgan fingerprint density at radius 3 is 2.68 bits per heavy atom. The maximum absolute atomic E-state index is 11.8. The zero-order chi connectivity index (χ0) is 15.9. The van der Waals surface area contributed by atoms with Gasteiger partial charge in [0.1, 0.15) is 0 Å². The first kappa shape index (κ1) is 15.7. The molecule has 2 rings (SSSR count). The van der Waals surface area contributed by atoms with Crippen molar-refractivity contribution in [3.05, 3.63) is 54.0 Å². The van der Waals surface area contributed by atoms with Crippen molar-refractivity contribution in [1.82, 2.24) is 5.32 Å². The molecule has 0 atom stereocenters. The van der Waals surface area contributed by atoms with Crippen molar-refractivity contribution in [1.29, 1.82) is 0 Å². The fourth-order valence-electron chi connectivity index (χ4n) is 1.70. The standard InChI is InChI=1S/C15H14N2O4S/c1-2-20-14(19)10-6-3-4-7-11(10)16-15(22)17-13(18)12-8-5-9-21-12/h3-9H,2H2,1H3,(H2,16,17,18,22). The first-order valence-electron chi connectivity index (χ1n) is 6.53. The van der Waals surface area contributed by atoms with E-state index < -0.39 is 11.9 Å². The van der Waals surface area contributed by atoms with Crippen LogP contribution < -0.4 is 10.6 Å². The van der Waals surface area contributed by atoms with Gasteiger partial charge < -0.3 is 14.5 Å². The van der Waals surface area contributed by atoms with Crippen LogP contribution in [0.5, 0.6) is 0 Å². The molecule has 2 aromatic rings. The molecule has 1 aromatic carbocycles. The average Bonchev–Trinajstić information content (AvgIpc) is 3.02. The molecule has 114 valence electrons. The number of thiocarbonyl (C=S) groups is 1. The van der Waals surface area contributed by atoms with Gasteiger partial charge in [-0.1, -0.05) is 12.1 Å². The normalized spacial score (nSPS) is 9.86. The number of nitrogens with one attached hydrogen (secondary N) is 2. The summed E-state index contributed by atoms with van der Waals surface area (Å²) in [5, 5.41) is 5.32. The molecular formula is C15H14N2O4S. The summed E-state index contributed by atoms with van der Waals surface area (Å²) in [4.78, 5) is 23.7. The molecule has 0 spiro atoms. The van der Waals surface area contributed by atoms with Crippen LogP contribution >= 0.6 is 12.2 Å². The van der Waals surface area contributed by atoms with Gasteiger partial charge in [-0.25, -0.2) is 4.79 Å². The van der Waals surface area contributed by atoms with Crippen molar-refractivity contribution in [3.8, 4) is 0 Å². The first-order chi connectivity index (χ1) is 10.6. The number of amides is 1. The quantitative estimate of drug-likeness (QED) is 0.666. The number of carbonyl (C=O) groups is 2. The van der Waals surface area contributed by atoms with Gasteiger partial charge in [0.25, 0.3) is 5.91 Å². The number of carbonyl (C=O) groups excluding carboxylic acids is 2. The summed E-state index contributed by atoms with van der Waals surface area (Å²) in [6.07, 6.45) is 1.39. The van der Waals surface area contributed by atoms with Crippen LogP contribution in [0, 0.1) is 0 Å². The van der Waals surface area contributed by atoms with E-state index in [1.165, 1.54) is 12.3 Å². The monoisotopic (exact) mass is 318 g/mol. The lowest BCUT2D eigenvalue weighted by Crippen LogP contribution is -2.34. The number of hydrogen-bond acceptors (Lipinski definition) is 5. The zero-order valence-electron chi connectivity index (χ0n) is 11.8. The lowest BCUT2D eigenvalue weighted by atomic mass is 10.2. The van der Waals surface area contributed by atoms with E-state index in [1.54, 1.807) is 37.3 Å². The molecule has 1 amide bonds. The van der Waals surface area contributed by atoms with Crippen LogP contribution in [0.4, 0.5) is 5.69 Å². The summed E-state index contributed by atoms with van der Waals surface area (Å²) >= 11 is 5.06. The molecule has 0 fully saturated rings. The Morgan fingerprint density at radius 2 is 2.00 bits per heavy atom. The molecule has 0 radical (unpaired) electrons. The number of rotatable bonds is 4. The van der Waals surface area contributed by atoms with Gasteiger partial charge in [0.15, 0.2) is 10.9 Å². The fourth-order valence-corrected chi connectivity index (χ4v) is 1.91. The topological polar surface area (TPSA) is 80.6 Å². The van der Waals surface area contributed by atoms with E-state index in [0.29, 0.717) is 11.3 Å². The Labute approximate surface area is 132 Å². The number of para-hydroxylation sites is 1. The van der Waals surface area contributed by atoms with Crippen molar-refractivity contribution in [3.63, 3.8) is 0 Å². The Balaban J connectivity index is 2.05. The second kappa shape index (κ2) is 7.37. The van der Waals surface area contributed by atoms with Gasteiger partial charge in [0.05, 0.1) is 24.1 Å². The maximum Gasteiger partial charge on any atom is 0.340 e. The van der Waals surface area contributed by atoms with Gasteiger partial charge >= 0.3 is 5.97 Å². The minimum absolute atomic E-state index is 0.0538. The molecule has 0 bridgehead atoms. The summed E-state index contributed by atoms with van der Waals surface area (Å²) in [5.41, 5.74) is 0.782. The van der Waals surface area contributed by atoms with Crippen molar-refractivity contribution in [2.45, 2.75) is 6.92 Å². The fraction of sp³-hybridized carbons (Fsp3) is 0.133. The molecule has 22 heavy (non-hydrogen) atoms. The third kappa shape index (κ3) is 3.92. The van der Waals surface area contributed by atoms with E-state index in [9.17, 15) is 9.59 Å². The van der Waals surface area contributed by atoms with E-state index in [4.69, 9.17) is 21.4 Å². The summed E-state index contributed by atoms with van der Waals surface area (Å²) in [6.45, 7) is 2.00. The molecule has 0 saturated heterocycles. The van der Waals surface area contributed by atoms with Gasteiger partial charge in [-0.2, -0.15) is 0 Å². The summed E-state index contributed by atoms with van der Waals surface area (Å²) in [7, 11) is 0. The molecular weight excluding hydrogens is 304 g/mol. The number of anilines is 1. The largest absolute Gasteiger partial charge is 0.462 e. The second-order valence-corrected chi connectivity index (χ2v) is 4.56. The molecule has 0 aliphatic heterocycles. The Bertz CT molecular complexity index is 683. The number of esters is 1. The molecule has 2 N–H and O–H groups in total. The van der Waals surface area contributed by atoms with Gasteiger partial charge in [-0.15, -0.1) is 0 Å². The van der Waals surface area contributed by atoms with Crippen LogP contribution in [-0.4, -0.2) is 23.6 Å². The minimum Gasteiger partial charge on any atom is -0.462 e. The van der Waals surface area contributed by atoms with Crippen LogP contribution in [0.3, 0.4) is 0 Å². The van der Waals surface area contributed by atoms with Crippen LogP contribution in [-0.2, 0) is 4.74 Å². The maximum atomic E-state index is 11.8. The summed E-state index contributed by atoms with van der Waals surface area (Å²) in [5.74, 6) is -0.801. The molecule has 0 saturated carbocycles. The Hall–Kier alpha value is -2.67. The number of furan rings is 1. The Morgan fingerprint density at radius 1 is 1.23 bits per heavy atom. The van der Waals surface area contributed by atoms with Crippen molar-refractivity contribution in [2.24, 2.45) is 0 Å². The predicted octanol–water partition coefficient (Wildman–Crippen LogP) is 2.58. The molecule has 7 heteroatoms. The average molecular weight is 318 g/mol. The third-order valence-electron chi connectivity index (χ3n) is 2.64. The zero-order valence-corrected chi connectivity index (χ0v) is 12.6. The van der Waals surface area contributed by atoms with Gasteiger partial charge in [-0.3, -0.25) is 10.1 Å². The summed E-state index contributed by atoms with van der Waals surface area (Å²) in [6, 6.07) is 9.84. The molecule has 0 aliphatic rings. The highest BCUT2D eigenvalue weighted by atomic mass is 32.1. The van der Waals surface area contributed by atoms with E-state index in [2.05, 4.69) is 10.6 Å². The summed E-state index contributed by atoms with van der Waals surface area (Å²) < 4.78 is 9.93.